The molecule has 2 aromatic rings. The van der Waals surface area contributed by atoms with E-state index in [4.69, 9.17) is 17.2 Å². The molecule has 4 heteroatoms. The van der Waals surface area contributed by atoms with Crippen molar-refractivity contribution in [3.8, 4) is 5.75 Å². The van der Waals surface area contributed by atoms with Crippen LogP contribution >= 0.6 is 0 Å². The first-order valence-corrected chi connectivity index (χ1v) is 8.13. The Bertz CT molecular complexity index is 644. The molecule has 122 valence electrons. The van der Waals surface area contributed by atoms with Crippen molar-refractivity contribution in [1.29, 1.82) is 0 Å². The van der Waals surface area contributed by atoms with Crippen LogP contribution < -0.4 is 17.2 Å². The second-order valence-electron chi connectivity index (χ2n) is 6.78. The van der Waals surface area contributed by atoms with E-state index in [0.717, 1.165) is 36.8 Å². The summed E-state index contributed by atoms with van der Waals surface area (Å²) in [6.45, 7) is 0. The lowest BCUT2D eigenvalue weighted by atomic mass is 9.69. The lowest BCUT2D eigenvalue weighted by Gasteiger charge is -2.43. The molecule has 1 fully saturated rings. The van der Waals surface area contributed by atoms with Crippen molar-refractivity contribution in [1.82, 2.24) is 0 Å². The summed E-state index contributed by atoms with van der Waals surface area (Å²) in [5.41, 5.74) is 20.4. The van der Waals surface area contributed by atoms with E-state index in [9.17, 15) is 5.11 Å². The van der Waals surface area contributed by atoms with Gasteiger partial charge in [-0.2, -0.15) is 0 Å². The van der Waals surface area contributed by atoms with Crippen molar-refractivity contribution in [3.63, 3.8) is 0 Å². The monoisotopic (exact) mass is 311 g/mol. The van der Waals surface area contributed by atoms with Crippen LogP contribution in [-0.2, 0) is 11.2 Å². The number of hydrogen-bond acceptors (Lipinski definition) is 4. The average Bonchev–Trinajstić information content (AvgIpc) is 2.56. The maximum absolute atomic E-state index is 9.44. The third-order valence-electron chi connectivity index (χ3n) is 5.27. The number of aromatic hydroxyl groups is 1. The minimum atomic E-state index is -0.822. The Morgan fingerprint density at radius 2 is 1.48 bits per heavy atom. The maximum Gasteiger partial charge on any atom is 0.115 e. The summed E-state index contributed by atoms with van der Waals surface area (Å²) in [6, 6.07) is 17.1. The fourth-order valence-corrected chi connectivity index (χ4v) is 3.66. The molecule has 0 amide bonds. The van der Waals surface area contributed by atoms with Gasteiger partial charge in [0.15, 0.2) is 0 Å². The van der Waals surface area contributed by atoms with Gasteiger partial charge in [0.05, 0.1) is 5.66 Å². The van der Waals surface area contributed by atoms with Gasteiger partial charge < -0.3 is 22.3 Å². The standard InChI is InChI=1S/C19H25N3O/c20-18(14-6-8-17(23)9-7-14)12-10-16(11-13-18)19(21,22)15-4-2-1-3-5-15/h1-9,16,23H,10-13,20-22H2. The first kappa shape index (κ1) is 16.0. The summed E-state index contributed by atoms with van der Waals surface area (Å²) in [5, 5.41) is 9.44. The van der Waals surface area contributed by atoms with Crippen LogP contribution in [0.1, 0.15) is 36.8 Å². The summed E-state index contributed by atoms with van der Waals surface area (Å²) < 4.78 is 0. The minimum Gasteiger partial charge on any atom is -0.508 e. The molecule has 1 saturated carbocycles. The Balaban J connectivity index is 1.74. The molecule has 23 heavy (non-hydrogen) atoms. The average molecular weight is 311 g/mol. The summed E-state index contributed by atoms with van der Waals surface area (Å²) >= 11 is 0. The SMILES string of the molecule is NC1(c2ccc(O)cc2)CCC(C(N)(N)c2ccccc2)CC1. The zero-order valence-corrected chi connectivity index (χ0v) is 13.3. The topological polar surface area (TPSA) is 98.3 Å². The van der Waals surface area contributed by atoms with Gasteiger partial charge in [-0.05, 0) is 54.9 Å². The highest BCUT2D eigenvalue weighted by atomic mass is 16.3. The summed E-state index contributed by atoms with van der Waals surface area (Å²) in [7, 11) is 0. The number of hydrogen-bond donors (Lipinski definition) is 4. The van der Waals surface area contributed by atoms with E-state index >= 15 is 0 Å². The highest BCUT2D eigenvalue weighted by molar-refractivity contribution is 5.32. The Morgan fingerprint density at radius 1 is 0.913 bits per heavy atom. The van der Waals surface area contributed by atoms with E-state index in [0.29, 0.717) is 0 Å². The van der Waals surface area contributed by atoms with Crippen molar-refractivity contribution < 1.29 is 5.11 Å². The van der Waals surface area contributed by atoms with Gasteiger partial charge in [0.1, 0.15) is 5.75 Å². The molecular formula is C19H25N3O. The maximum atomic E-state index is 9.44. The molecule has 0 heterocycles. The largest absolute Gasteiger partial charge is 0.508 e. The predicted molar refractivity (Wildman–Crippen MR) is 92.4 cm³/mol. The number of rotatable bonds is 3. The Hall–Kier alpha value is -1.88. The van der Waals surface area contributed by atoms with Crippen LogP contribution in [-0.4, -0.2) is 5.11 Å². The number of phenolic OH excluding ortho intramolecular Hbond substituents is 1. The number of phenols is 1. The molecule has 2 aromatic carbocycles. The van der Waals surface area contributed by atoms with Crippen LogP contribution in [0.15, 0.2) is 54.6 Å². The Labute approximate surface area is 137 Å². The molecule has 0 unspecified atom stereocenters. The fourth-order valence-electron chi connectivity index (χ4n) is 3.66. The van der Waals surface area contributed by atoms with Crippen molar-refractivity contribution in [2.75, 3.05) is 0 Å². The molecular weight excluding hydrogens is 286 g/mol. The first-order chi connectivity index (χ1) is 10.9. The molecule has 3 rings (SSSR count). The van der Waals surface area contributed by atoms with E-state index < -0.39 is 5.66 Å². The van der Waals surface area contributed by atoms with Crippen molar-refractivity contribution in [2.45, 2.75) is 36.9 Å². The minimum absolute atomic E-state index is 0.207. The van der Waals surface area contributed by atoms with Crippen LogP contribution in [0, 0.1) is 5.92 Å². The van der Waals surface area contributed by atoms with Crippen molar-refractivity contribution in [3.05, 3.63) is 65.7 Å². The smallest absolute Gasteiger partial charge is 0.115 e. The van der Waals surface area contributed by atoms with Gasteiger partial charge in [0.25, 0.3) is 0 Å². The van der Waals surface area contributed by atoms with E-state index in [1.54, 1.807) is 12.1 Å². The predicted octanol–water partition coefficient (Wildman–Crippen LogP) is 2.51. The zero-order chi connectivity index (χ0) is 16.5. The van der Waals surface area contributed by atoms with E-state index in [1.165, 1.54) is 0 Å². The number of benzene rings is 2. The van der Waals surface area contributed by atoms with Gasteiger partial charge in [0, 0.05) is 5.54 Å². The molecule has 7 N–H and O–H groups in total. The highest BCUT2D eigenvalue weighted by Crippen LogP contribution is 2.42. The molecule has 0 bridgehead atoms. The lowest BCUT2D eigenvalue weighted by Crippen LogP contribution is -2.55. The Morgan fingerprint density at radius 3 is 2.04 bits per heavy atom. The summed E-state index contributed by atoms with van der Waals surface area (Å²) in [5.74, 6) is 0.469. The molecule has 0 spiro atoms. The van der Waals surface area contributed by atoms with Crippen LogP contribution in [0.3, 0.4) is 0 Å². The van der Waals surface area contributed by atoms with Gasteiger partial charge >= 0.3 is 0 Å². The van der Waals surface area contributed by atoms with Crippen molar-refractivity contribution >= 4 is 0 Å². The molecule has 4 nitrogen and oxygen atoms in total. The van der Waals surface area contributed by atoms with E-state index in [2.05, 4.69) is 0 Å². The molecule has 0 aromatic heterocycles. The highest BCUT2D eigenvalue weighted by Gasteiger charge is 2.40. The second-order valence-corrected chi connectivity index (χ2v) is 6.78. The second kappa shape index (κ2) is 5.96. The van der Waals surface area contributed by atoms with Crippen LogP contribution in [0.25, 0.3) is 0 Å². The quantitative estimate of drug-likeness (QED) is 0.655. The summed E-state index contributed by atoms with van der Waals surface area (Å²) in [6.07, 6.45) is 3.45. The normalized spacial score (nSPS) is 25.3. The third kappa shape index (κ3) is 3.11. The Kier molecular flexibility index (Phi) is 4.15. The van der Waals surface area contributed by atoms with Gasteiger partial charge in [0.2, 0.25) is 0 Å². The van der Waals surface area contributed by atoms with E-state index in [1.807, 2.05) is 42.5 Å². The van der Waals surface area contributed by atoms with Crippen molar-refractivity contribution in [2.24, 2.45) is 23.1 Å². The summed E-state index contributed by atoms with van der Waals surface area (Å²) in [4.78, 5) is 0. The van der Waals surface area contributed by atoms with Crippen LogP contribution in [0.2, 0.25) is 0 Å². The van der Waals surface area contributed by atoms with Gasteiger partial charge in [-0.15, -0.1) is 0 Å². The van der Waals surface area contributed by atoms with Gasteiger partial charge in [-0.25, -0.2) is 0 Å². The number of nitrogens with two attached hydrogens (primary N) is 3. The van der Waals surface area contributed by atoms with Crippen LogP contribution in [0.4, 0.5) is 0 Å². The lowest BCUT2D eigenvalue weighted by molar-refractivity contribution is 0.157. The molecule has 0 aliphatic heterocycles. The first-order valence-electron chi connectivity index (χ1n) is 8.13. The molecule has 0 saturated heterocycles. The molecule has 1 aliphatic carbocycles. The fraction of sp³-hybridized carbons (Fsp3) is 0.368. The third-order valence-corrected chi connectivity index (χ3v) is 5.27. The van der Waals surface area contributed by atoms with Crippen LogP contribution in [0.5, 0.6) is 5.75 Å². The zero-order valence-electron chi connectivity index (χ0n) is 13.3. The van der Waals surface area contributed by atoms with E-state index in [-0.39, 0.29) is 17.2 Å². The molecule has 0 radical (unpaired) electrons. The molecule has 1 aliphatic rings. The van der Waals surface area contributed by atoms with Gasteiger partial charge in [-0.3, -0.25) is 0 Å². The van der Waals surface area contributed by atoms with Gasteiger partial charge in [-0.1, -0.05) is 42.5 Å². The molecule has 0 atom stereocenters.